The van der Waals surface area contributed by atoms with Crippen molar-refractivity contribution < 1.29 is 0 Å². The SMILES string of the molecule is CC(CN=C(N)NCCc1cccs1)c1ccccc1. The van der Waals surface area contributed by atoms with E-state index in [2.05, 4.69) is 59.0 Å². The van der Waals surface area contributed by atoms with Crippen molar-refractivity contribution in [2.24, 2.45) is 10.7 Å². The molecule has 0 aliphatic rings. The van der Waals surface area contributed by atoms with E-state index in [0.717, 1.165) is 13.0 Å². The predicted octanol–water partition coefficient (Wildman–Crippen LogP) is 3.00. The van der Waals surface area contributed by atoms with Crippen LogP contribution in [-0.2, 0) is 6.42 Å². The fourth-order valence-corrected chi connectivity index (χ4v) is 2.66. The zero-order chi connectivity index (χ0) is 14.2. The summed E-state index contributed by atoms with van der Waals surface area (Å²) in [5, 5.41) is 5.25. The van der Waals surface area contributed by atoms with Crippen LogP contribution in [0.2, 0.25) is 0 Å². The van der Waals surface area contributed by atoms with Crippen LogP contribution < -0.4 is 11.1 Å². The second-order valence-electron chi connectivity index (χ2n) is 4.79. The maximum Gasteiger partial charge on any atom is 0.188 e. The molecule has 1 aromatic carbocycles. The molecule has 2 aromatic rings. The zero-order valence-corrected chi connectivity index (χ0v) is 12.6. The van der Waals surface area contributed by atoms with Crippen molar-refractivity contribution in [3.05, 3.63) is 58.3 Å². The molecule has 1 unspecified atom stereocenters. The Kier molecular flexibility index (Phi) is 5.62. The van der Waals surface area contributed by atoms with E-state index in [1.807, 2.05) is 6.07 Å². The molecule has 1 aromatic heterocycles. The molecule has 0 spiro atoms. The third-order valence-corrected chi connectivity index (χ3v) is 4.10. The lowest BCUT2D eigenvalue weighted by molar-refractivity contribution is 0.763. The summed E-state index contributed by atoms with van der Waals surface area (Å²) in [6.07, 6.45) is 0.988. The van der Waals surface area contributed by atoms with E-state index in [1.165, 1.54) is 10.4 Å². The summed E-state index contributed by atoms with van der Waals surface area (Å²) < 4.78 is 0. The smallest absolute Gasteiger partial charge is 0.188 e. The average molecular weight is 287 g/mol. The molecule has 0 bridgehead atoms. The van der Waals surface area contributed by atoms with Gasteiger partial charge in [0.05, 0.1) is 0 Å². The Morgan fingerprint density at radius 1 is 1.25 bits per heavy atom. The first-order valence-electron chi connectivity index (χ1n) is 6.87. The van der Waals surface area contributed by atoms with Gasteiger partial charge in [0.15, 0.2) is 5.96 Å². The van der Waals surface area contributed by atoms with Crippen LogP contribution >= 0.6 is 11.3 Å². The second-order valence-corrected chi connectivity index (χ2v) is 5.83. The van der Waals surface area contributed by atoms with Crippen molar-refractivity contribution >= 4 is 17.3 Å². The Hall–Kier alpha value is -1.81. The molecule has 4 heteroatoms. The topological polar surface area (TPSA) is 50.4 Å². The summed E-state index contributed by atoms with van der Waals surface area (Å²) in [5.41, 5.74) is 7.18. The van der Waals surface area contributed by atoms with Crippen molar-refractivity contribution in [1.29, 1.82) is 0 Å². The summed E-state index contributed by atoms with van der Waals surface area (Å²) >= 11 is 1.77. The Labute approximate surface area is 124 Å². The van der Waals surface area contributed by atoms with Gasteiger partial charge in [-0.25, -0.2) is 0 Å². The van der Waals surface area contributed by atoms with E-state index in [9.17, 15) is 0 Å². The number of hydrogen-bond acceptors (Lipinski definition) is 2. The summed E-state index contributed by atoms with van der Waals surface area (Å²) in [6.45, 7) is 3.70. The quantitative estimate of drug-likeness (QED) is 0.634. The Morgan fingerprint density at radius 2 is 2.05 bits per heavy atom. The highest BCUT2D eigenvalue weighted by molar-refractivity contribution is 7.09. The number of guanidine groups is 1. The van der Waals surface area contributed by atoms with E-state index in [-0.39, 0.29) is 0 Å². The first-order valence-corrected chi connectivity index (χ1v) is 7.75. The number of nitrogens with one attached hydrogen (secondary N) is 1. The molecule has 0 aliphatic heterocycles. The third-order valence-electron chi connectivity index (χ3n) is 3.16. The molecule has 0 aliphatic carbocycles. The standard InChI is InChI=1S/C16H21N3S/c1-13(14-6-3-2-4-7-14)12-19-16(17)18-10-9-15-8-5-11-20-15/h2-8,11,13H,9-10,12H2,1H3,(H3,17,18,19). The van der Waals surface area contributed by atoms with Gasteiger partial charge in [0.2, 0.25) is 0 Å². The number of aliphatic imine (C=N–C) groups is 1. The lowest BCUT2D eigenvalue weighted by Crippen LogP contribution is -2.33. The zero-order valence-electron chi connectivity index (χ0n) is 11.8. The Morgan fingerprint density at radius 3 is 2.75 bits per heavy atom. The van der Waals surface area contributed by atoms with Gasteiger partial charge in [-0.15, -0.1) is 11.3 Å². The van der Waals surface area contributed by atoms with Crippen molar-refractivity contribution in [3.8, 4) is 0 Å². The Bertz CT molecular complexity index is 520. The molecule has 0 fully saturated rings. The molecule has 1 heterocycles. The normalized spacial score (nSPS) is 13.2. The summed E-state index contributed by atoms with van der Waals surface area (Å²) in [6, 6.07) is 14.6. The van der Waals surface area contributed by atoms with Gasteiger partial charge >= 0.3 is 0 Å². The molecule has 3 N–H and O–H groups in total. The predicted molar refractivity (Wildman–Crippen MR) is 87.4 cm³/mol. The first kappa shape index (κ1) is 14.6. The average Bonchev–Trinajstić information content (AvgIpc) is 2.99. The van der Waals surface area contributed by atoms with E-state index in [1.54, 1.807) is 11.3 Å². The van der Waals surface area contributed by atoms with E-state index in [4.69, 9.17) is 5.73 Å². The largest absolute Gasteiger partial charge is 0.370 e. The van der Waals surface area contributed by atoms with Gasteiger partial charge in [-0.05, 0) is 23.4 Å². The maximum absolute atomic E-state index is 5.88. The highest BCUT2D eigenvalue weighted by atomic mass is 32.1. The van der Waals surface area contributed by atoms with Gasteiger partial charge in [0.1, 0.15) is 0 Å². The van der Waals surface area contributed by atoms with Crippen molar-refractivity contribution in [2.45, 2.75) is 19.3 Å². The number of nitrogens with zero attached hydrogens (tertiary/aromatic N) is 1. The minimum Gasteiger partial charge on any atom is -0.370 e. The third kappa shape index (κ3) is 4.70. The van der Waals surface area contributed by atoms with E-state index in [0.29, 0.717) is 18.4 Å². The molecule has 1 atom stereocenters. The Balaban J connectivity index is 1.73. The molecule has 0 saturated heterocycles. The number of benzene rings is 1. The minimum absolute atomic E-state index is 0.383. The molecule has 0 saturated carbocycles. The molecule has 106 valence electrons. The number of rotatable bonds is 6. The van der Waals surface area contributed by atoms with Crippen molar-refractivity contribution in [3.63, 3.8) is 0 Å². The van der Waals surface area contributed by atoms with Crippen LogP contribution in [0, 0.1) is 0 Å². The lowest BCUT2D eigenvalue weighted by atomic mass is 10.0. The molecule has 3 nitrogen and oxygen atoms in total. The fourth-order valence-electron chi connectivity index (χ4n) is 1.95. The van der Waals surface area contributed by atoms with Crippen LogP contribution in [0.4, 0.5) is 0 Å². The molecule has 0 radical (unpaired) electrons. The highest BCUT2D eigenvalue weighted by Gasteiger charge is 2.03. The van der Waals surface area contributed by atoms with Crippen LogP contribution in [0.3, 0.4) is 0 Å². The van der Waals surface area contributed by atoms with Crippen LogP contribution in [-0.4, -0.2) is 19.0 Å². The van der Waals surface area contributed by atoms with Crippen molar-refractivity contribution in [2.75, 3.05) is 13.1 Å². The summed E-state index contributed by atoms with van der Waals surface area (Å²) in [7, 11) is 0. The minimum atomic E-state index is 0.383. The summed E-state index contributed by atoms with van der Waals surface area (Å²) in [4.78, 5) is 5.77. The maximum atomic E-state index is 5.88. The monoisotopic (exact) mass is 287 g/mol. The van der Waals surface area contributed by atoms with Gasteiger partial charge in [-0.2, -0.15) is 0 Å². The van der Waals surface area contributed by atoms with Crippen LogP contribution in [0.5, 0.6) is 0 Å². The van der Waals surface area contributed by atoms with Gasteiger partial charge in [-0.1, -0.05) is 43.3 Å². The summed E-state index contributed by atoms with van der Waals surface area (Å²) in [5.74, 6) is 0.915. The van der Waals surface area contributed by atoms with Crippen LogP contribution in [0.15, 0.2) is 52.8 Å². The first-order chi connectivity index (χ1) is 9.75. The van der Waals surface area contributed by atoms with Gasteiger partial charge < -0.3 is 11.1 Å². The van der Waals surface area contributed by atoms with Crippen molar-refractivity contribution in [1.82, 2.24) is 5.32 Å². The van der Waals surface area contributed by atoms with Crippen LogP contribution in [0.25, 0.3) is 0 Å². The fraction of sp³-hybridized carbons (Fsp3) is 0.312. The van der Waals surface area contributed by atoms with Gasteiger partial charge in [0, 0.05) is 23.9 Å². The van der Waals surface area contributed by atoms with Gasteiger partial charge in [0.25, 0.3) is 0 Å². The molecule has 2 rings (SSSR count). The lowest BCUT2D eigenvalue weighted by Gasteiger charge is -2.10. The van der Waals surface area contributed by atoms with E-state index < -0.39 is 0 Å². The second kappa shape index (κ2) is 7.70. The number of thiophene rings is 1. The number of hydrogen-bond donors (Lipinski definition) is 2. The van der Waals surface area contributed by atoms with Gasteiger partial charge in [-0.3, -0.25) is 4.99 Å². The molecule has 20 heavy (non-hydrogen) atoms. The van der Waals surface area contributed by atoms with Crippen LogP contribution in [0.1, 0.15) is 23.3 Å². The highest BCUT2D eigenvalue weighted by Crippen LogP contribution is 2.14. The molecular weight excluding hydrogens is 266 g/mol. The molecule has 0 amide bonds. The number of nitrogens with two attached hydrogens (primary N) is 1. The van der Waals surface area contributed by atoms with E-state index >= 15 is 0 Å². The molecular formula is C16H21N3S.